The van der Waals surface area contributed by atoms with Crippen molar-refractivity contribution in [3.05, 3.63) is 33.8 Å². The largest absolute Gasteiger partial charge is 0.291 e. The third kappa shape index (κ3) is 3.03. The molecule has 0 bridgehead atoms. The molecular formula is C11H15Cl3N2S. The fourth-order valence-corrected chi connectivity index (χ4v) is 3.44. The average Bonchev–Trinajstić information content (AvgIpc) is 2.60. The van der Waals surface area contributed by atoms with Gasteiger partial charge in [0.2, 0.25) is 0 Å². The van der Waals surface area contributed by atoms with E-state index in [-0.39, 0.29) is 18.4 Å². The van der Waals surface area contributed by atoms with Crippen molar-refractivity contribution >= 4 is 47.4 Å². The van der Waals surface area contributed by atoms with Crippen molar-refractivity contribution in [3.63, 3.8) is 0 Å². The van der Waals surface area contributed by atoms with E-state index in [0.29, 0.717) is 5.50 Å². The molecule has 1 N–H and O–H groups in total. The van der Waals surface area contributed by atoms with E-state index >= 15 is 0 Å². The Morgan fingerprint density at radius 1 is 1.35 bits per heavy atom. The van der Waals surface area contributed by atoms with Crippen molar-refractivity contribution in [2.24, 2.45) is 0 Å². The third-order valence-electron chi connectivity index (χ3n) is 2.90. The van der Waals surface area contributed by atoms with Crippen LogP contribution in [-0.4, -0.2) is 30.2 Å². The van der Waals surface area contributed by atoms with Gasteiger partial charge in [-0.05, 0) is 25.4 Å². The lowest BCUT2D eigenvalue weighted by Gasteiger charge is -2.24. The van der Waals surface area contributed by atoms with E-state index in [9.17, 15) is 0 Å². The van der Waals surface area contributed by atoms with Gasteiger partial charge in [-0.3, -0.25) is 10.2 Å². The van der Waals surface area contributed by atoms with Gasteiger partial charge in [-0.15, -0.1) is 24.2 Å². The summed E-state index contributed by atoms with van der Waals surface area (Å²) >= 11 is 14.2. The lowest BCUT2D eigenvalue weighted by atomic mass is 10.1. The number of halogens is 3. The lowest BCUT2D eigenvalue weighted by Crippen LogP contribution is -2.29. The van der Waals surface area contributed by atoms with E-state index in [1.807, 2.05) is 18.2 Å². The summed E-state index contributed by atoms with van der Waals surface area (Å²) in [5.74, 6) is 0. The number of rotatable bonds is 2. The summed E-state index contributed by atoms with van der Waals surface area (Å²) in [7, 11) is 2.09. The summed E-state index contributed by atoms with van der Waals surface area (Å²) in [5, 5.41) is 4.92. The van der Waals surface area contributed by atoms with Crippen molar-refractivity contribution in [1.29, 1.82) is 0 Å². The van der Waals surface area contributed by atoms with Gasteiger partial charge in [0.1, 0.15) is 5.50 Å². The van der Waals surface area contributed by atoms with E-state index in [4.69, 9.17) is 23.2 Å². The predicted molar refractivity (Wildman–Crippen MR) is 79.5 cm³/mol. The zero-order chi connectivity index (χ0) is 11.7. The Morgan fingerprint density at radius 2 is 1.94 bits per heavy atom. The smallest absolute Gasteiger partial charge is 0.108 e. The van der Waals surface area contributed by atoms with Crippen LogP contribution in [0.15, 0.2) is 18.2 Å². The molecule has 17 heavy (non-hydrogen) atoms. The van der Waals surface area contributed by atoms with Crippen LogP contribution in [0.1, 0.15) is 11.6 Å². The van der Waals surface area contributed by atoms with Crippen LogP contribution >= 0.6 is 47.4 Å². The maximum Gasteiger partial charge on any atom is 0.108 e. The Hall–Kier alpha value is 0.360. The van der Waals surface area contributed by atoms with Gasteiger partial charge in [0, 0.05) is 22.2 Å². The topological polar surface area (TPSA) is 15.3 Å². The first-order valence-electron chi connectivity index (χ1n) is 5.07. The second-order valence-corrected chi connectivity index (χ2v) is 5.55. The molecule has 2 nitrogen and oxygen atoms in total. The quantitative estimate of drug-likeness (QED) is 0.897. The predicted octanol–water partition coefficient (Wildman–Crippen LogP) is 3.64. The van der Waals surface area contributed by atoms with Gasteiger partial charge >= 0.3 is 0 Å². The van der Waals surface area contributed by atoms with E-state index in [0.717, 1.165) is 22.2 Å². The fourth-order valence-electron chi connectivity index (χ4n) is 2.05. The number of nitrogens with one attached hydrogen (secondary N) is 1. The fraction of sp³-hybridized carbons (Fsp3) is 0.455. The second kappa shape index (κ2) is 6.50. The van der Waals surface area contributed by atoms with Crippen LogP contribution in [0.2, 0.25) is 10.0 Å². The zero-order valence-electron chi connectivity index (χ0n) is 9.61. The average molecular weight is 314 g/mol. The number of hydrogen-bond acceptors (Lipinski definition) is 3. The standard InChI is InChI=1S/C11H14Cl2N2S.ClH/c1-15-9(6-14-11(15)16-2)10-7(12)4-3-5-8(10)13;/h3-5,9,11,14H,6H2,1-2H3;1H. The molecule has 0 aliphatic carbocycles. The molecular weight excluding hydrogens is 299 g/mol. The van der Waals surface area contributed by atoms with Gasteiger partial charge in [0.25, 0.3) is 0 Å². The molecule has 0 spiro atoms. The highest BCUT2D eigenvalue weighted by Crippen LogP contribution is 2.36. The first-order chi connectivity index (χ1) is 7.65. The minimum Gasteiger partial charge on any atom is -0.291 e. The van der Waals surface area contributed by atoms with Gasteiger partial charge in [-0.25, -0.2) is 0 Å². The molecule has 1 aliphatic heterocycles. The molecule has 6 heteroatoms. The number of likely N-dealkylation sites (N-methyl/N-ethyl adjacent to an activating group) is 1. The molecule has 2 unspecified atom stereocenters. The van der Waals surface area contributed by atoms with Crippen LogP contribution < -0.4 is 5.32 Å². The highest BCUT2D eigenvalue weighted by atomic mass is 35.5. The highest BCUT2D eigenvalue weighted by Gasteiger charge is 2.32. The van der Waals surface area contributed by atoms with Gasteiger partial charge < -0.3 is 0 Å². The van der Waals surface area contributed by atoms with Crippen molar-refractivity contribution < 1.29 is 0 Å². The minimum absolute atomic E-state index is 0. The van der Waals surface area contributed by atoms with Gasteiger partial charge in [0.15, 0.2) is 0 Å². The summed E-state index contributed by atoms with van der Waals surface area (Å²) in [4.78, 5) is 2.26. The first-order valence-corrected chi connectivity index (χ1v) is 7.11. The molecule has 1 heterocycles. The van der Waals surface area contributed by atoms with E-state index < -0.39 is 0 Å². The van der Waals surface area contributed by atoms with Gasteiger partial charge in [-0.1, -0.05) is 29.3 Å². The lowest BCUT2D eigenvalue weighted by molar-refractivity contribution is 0.301. The van der Waals surface area contributed by atoms with Crippen LogP contribution in [0, 0.1) is 0 Å². The molecule has 0 radical (unpaired) electrons. The SMILES string of the molecule is CSC1NCC(c2c(Cl)cccc2Cl)N1C.Cl. The van der Waals surface area contributed by atoms with E-state index in [1.54, 1.807) is 11.8 Å². The molecule has 1 aliphatic rings. The summed E-state index contributed by atoms with van der Waals surface area (Å²) in [5.41, 5.74) is 1.36. The molecule has 1 aromatic rings. The van der Waals surface area contributed by atoms with Gasteiger partial charge in [-0.2, -0.15) is 0 Å². The summed E-state index contributed by atoms with van der Waals surface area (Å²) in [6, 6.07) is 5.91. The molecule has 2 rings (SSSR count). The number of nitrogens with zero attached hydrogens (tertiary/aromatic N) is 1. The van der Waals surface area contributed by atoms with Crippen molar-refractivity contribution in [1.82, 2.24) is 10.2 Å². The molecule has 2 atom stereocenters. The Balaban J connectivity index is 0.00000144. The Kier molecular flexibility index (Phi) is 5.90. The van der Waals surface area contributed by atoms with Crippen LogP contribution in [0.25, 0.3) is 0 Å². The molecule has 1 saturated heterocycles. The zero-order valence-corrected chi connectivity index (χ0v) is 12.8. The monoisotopic (exact) mass is 312 g/mol. The number of thioether (sulfide) groups is 1. The first kappa shape index (κ1) is 15.4. The van der Waals surface area contributed by atoms with E-state index in [1.165, 1.54) is 0 Å². The maximum atomic E-state index is 6.22. The normalized spacial score (nSPS) is 24.7. The third-order valence-corrected chi connectivity index (χ3v) is 4.51. The molecule has 96 valence electrons. The van der Waals surface area contributed by atoms with Crippen molar-refractivity contribution in [2.75, 3.05) is 19.8 Å². The molecule has 1 aromatic carbocycles. The number of benzene rings is 1. The van der Waals surface area contributed by atoms with Crippen LogP contribution in [-0.2, 0) is 0 Å². The van der Waals surface area contributed by atoms with Crippen molar-refractivity contribution in [2.45, 2.75) is 11.5 Å². The highest BCUT2D eigenvalue weighted by molar-refractivity contribution is 7.99. The van der Waals surface area contributed by atoms with Gasteiger partial charge in [0.05, 0.1) is 6.04 Å². The molecule has 0 amide bonds. The van der Waals surface area contributed by atoms with Crippen LogP contribution in [0.5, 0.6) is 0 Å². The second-order valence-electron chi connectivity index (χ2n) is 3.81. The molecule has 0 saturated carbocycles. The Labute approximate surface area is 122 Å². The van der Waals surface area contributed by atoms with Crippen LogP contribution in [0.3, 0.4) is 0 Å². The molecule has 0 aromatic heterocycles. The summed E-state index contributed by atoms with van der Waals surface area (Å²) in [6.07, 6.45) is 2.09. The minimum atomic E-state index is 0. The molecule has 1 fully saturated rings. The Bertz CT molecular complexity index is 369. The Morgan fingerprint density at radius 3 is 2.41 bits per heavy atom. The van der Waals surface area contributed by atoms with Crippen molar-refractivity contribution in [3.8, 4) is 0 Å². The van der Waals surface area contributed by atoms with Crippen LogP contribution in [0.4, 0.5) is 0 Å². The maximum absolute atomic E-state index is 6.22. The number of hydrogen-bond donors (Lipinski definition) is 1. The summed E-state index contributed by atoms with van der Waals surface area (Å²) in [6.45, 7) is 0.880. The van der Waals surface area contributed by atoms with E-state index in [2.05, 4.69) is 23.5 Å². The summed E-state index contributed by atoms with van der Waals surface area (Å²) < 4.78 is 0.